The van der Waals surface area contributed by atoms with Gasteiger partial charge in [-0.15, -0.1) is 0 Å². The van der Waals surface area contributed by atoms with Gasteiger partial charge in [-0.25, -0.2) is 0 Å². The van der Waals surface area contributed by atoms with Crippen LogP contribution >= 0.6 is 0 Å². The van der Waals surface area contributed by atoms with Crippen LogP contribution in [-0.4, -0.2) is 62.1 Å². The van der Waals surface area contributed by atoms with E-state index >= 15 is 0 Å². The maximum atomic E-state index is 12.2. The molecular formula is C18H25N5O2. The molecule has 1 fully saturated rings. The molecule has 25 heavy (non-hydrogen) atoms. The zero-order valence-electron chi connectivity index (χ0n) is 14.6. The van der Waals surface area contributed by atoms with E-state index in [2.05, 4.69) is 10.2 Å². The van der Waals surface area contributed by atoms with Crippen molar-refractivity contribution < 1.29 is 9.53 Å². The van der Waals surface area contributed by atoms with Crippen LogP contribution in [0.15, 0.2) is 36.0 Å². The van der Waals surface area contributed by atoms with E-state index in [4.69, 9.17) is 10.5 Å². The zero-order chi connectivity index (χ0) is 18.1. The molecule has 0 bridgehead atoms. The molecule has 7 nitrogen and oxygen atoms in total. The standard InChI is InChI=1S/C18H25N5O2/c1-25-17-4-2-15(3-5-17)13-21-18(24)16(12-20)14-23-10-8-22(7-6-19)9-11-23/h2-5,14H,6-11,13,19H2,1H3,(H,21,24)/b16-14-. The first-order valence-corrected chi connectivity index (χ1v) is 8.35. The fourth-order valence-corrected chi connectivity index (χ4v) is 2.64. The second-order valence-corrected chi connectivity index (χ2v) is 5.85. The Bertz CT molecular complexity index is 628. The summed E-state index contributed by atoms with van der Waals surface area (Å²) in [6, 6.07) is 9.43. The van der Waals surface area contributed by atoms with E-state index in [-0.39, 0.29) is 11.5 Å². The van der Waals surface area contributed by atoms with E-state index < -0.39 is 0 Å². The molecule has 1 heterocycles. The minimum absolute atomic E-state index is 0.126. The lowest BCUT2D eigenvalue weighted by Gasteiger charge is -2.33. The number of carbonyl (C=O) groups excluding carboxylic acids is 1. The van der Waals surface area contributed by atoms with E-state index in [1.165, 1.54) is 0 Å². The Hall–Kier alpha value is -2.56. The summed E-state index contributed by atoms with van der Waals surface area (Å²) >= 11 is 0. The van der Waals surface area contributed by atoms with E-state index in [1.54, 1.807) is 13.3 Å². The van der Waals surface area contributed by atoms with Crippen LogP contribution in [0.25, 0.3) is 0 Å². The van der Waals surface area contributed by atoms with E-state index in [0.717, 1.165) is 44.0 Å². The summed E-state index contributed by atoms with van der Waals surface area (Å²) in [6.45, 7) is 5.25. The minimum atomic E-state index is -0.359. The van der Waals surface area contributed by atoms with Gasteiger partial charge in [0.25, 0.3) is 5.91 Å². The van der Waals surface area contributed by atoms with E-state index in [9.17, 15) is 10.1 Å². The number of nitriles is 1. The number of ether oxygens (including phenoxy) is 1. The van der Waals surface area contributed by atoms with Crippen molar-refractivity contribution in [2.24, 2.45) is 5.73 Å². The third kappa shape index (κ3) is 5.78. The molecule has 3 N–H and O–H groups in total. The smallest absolute Gasteiger partial charge is 0.263 e. The highest BCUT2D eigenvalue weighted by atomic mass is 16.5. The van der Waals surface area contributed by atoms with Crippen molar-refractivity contribution in [2.75, 3.05) is 46.4 Å². The molecular weight excluding hydrogens is 318 g/mol. The molecule has 1 aromatic carbocycles. The van der Waals surface area contributed by atoms with Gasteiger partial charge in [0.2, 0.25) is 0 Å². The molecule has 1 aliphatic rings. The van der Waals surface area contributed by atoms with E-state index in [0.29, 0.717) is 13.1 Å². The first-order chi connectivity index (χ1) is 12.2. The van der Waals surface area contributed by atoms with Gasteiger partial charge in [0.05, 0.1) is 7.11 Å². The van der Waals surface area contributed by atoms with Gasteiger partial charge in [-0.2, -0.15) is 5.26 Å². The number of nitrogens with one attached hydrogen (secondary N) is 1. The summed E-state index contributed by atoms with van der Waals surface area (Å²) in [7, 11) is 1.61. The number of benzene rings is 1. The first-order valence-electron chi connectivity index (χ1n) is 8.35. The fourth-order valence-electron chi connectivity index (χ4n) is 2.64. The van der Waals surface area contributed by atoms with Crippen LogP contribution in [0.2, 0.25) is 0 Å². The van der Waals surface area contributed by atoms with Crippen LogP contribution in [-0.2, 0) is 11.3 Å². The van der Waals surface area contributed by atoms with Crippen LogP contribution in [0.4, 0.5) is 0 Å². The van der Waals surface area contributed by atoms with Crippen LogP contribution in [0.5, 0.6) is 5.75 Å². The Morgan fingerprint density at radius 2 is 2.00 bits per heavy atom. The lowest BCUT2D eigenvalue weighted by molar-refractivity contribution is -0.117. The number of amides is 1. The number of nitrogens with zero attached hydrogens (tertiary/aromatic N) is 3. The van der Waals surface area contributed by atoms with Crippen LogP contribution < -0.4 is 15.8 Å². The molecule has 0 spiro atoms. The molecule has 0 atom stereocenters. The summed E-state index contributed by atoms with van der Waals surface area (Å²) < 4.78 is 5.10. The summed E-state index contributed by atoms with van der Waals surface area (Å²) in [6.07, 6.45) is 1.66. The molecule has 134 valence electrons. The van der Waals surface area contributed by atoms with Gasteiger partial charge in [0.15, 0.2) is 0 Å². The zero-order valence-corrected chi connectivity index (χ0v) is 14.6. The molecule has 0 unspecified atom stereocenters. The highest BCUT2D eigenvalue weighted by Crippen LogP contribution is 2.11. The summed E-state index contributed by atoms with van der Waals surface area (Å²) in [5, 5.41) is 12.1. The number of carbonyl (C=O) groups is 1. The molecule has 0 aliphatic carbocycles. The van der Waals surface area contributed by atoms with Crippen LogP contribution in [0, 0.1) is 11.3 Å². The largest absolute Gasteiger partial charge is 0.497 e. The number of hydrogen-bond donors (Lipinski definition) is 2. The number of piperazine rings is 1. The number of nitrogens with two attached hydrogens (primary N) is 1. The second kappa shape index (κ2) is 9.67. The normalized spacial score (nSPS) is 15.6. The third-order valence-electron chi connectivity index (χ3n) is 4.14. The molecule has 1 aromatic rings. The summed E-state index contributed by atoms with van der Waals surface area (Å²) in [5.41, 5.74) is 6.64. The van der Waals surface area contributed by atoms with Crippen molar-refractivity contribution in [3.8, 4) is 11.8 Å². The number of rotatable bonds is 7. The first kappa shape index (κ1) is 18.8. The van der Waals surface area contributed by atoms with Gasteiger partial charge < -0.3 is 20.7 Å². The topological polar surface area (TPSA) is 94.6 Å². The van der Waals surface area contributed by atoms with Crippen molar-refractivity contribution in [1.29, 1.82) is 5.26 Å². The molecule has 1 saturated heterocycles. The predicted octanol–water partition coefficient (Wildman–Crippen LogP) is 0.295. The van der Waals surface area contributed by atoms with Gasteiger partial charge >= 0.3 is 0 Å². The highest BCUT2D eigenvalue weighted by molar-refractivity contribution is 5.97. The van der Waals surface area contributed by atoms with Crippen molar-refractivity contribution in [1.82, 2.24) is 15.1 Å². The SMILES string of the molecule is COc1ccc(CNC(=O)/C(C#N)=C\N2CCN(CCN)CC2)cc1. The minimum Gasteiger partial charge on any atom is -0.497 e. The van der Waals surface area contributed by atoms with Crippen LogP contribution in [0.3, 0.4) is 0 Å². The third-order valence-corrected chi connectivity index (χ3v) is 4.14. The Labute approximate surface area is 148 Å². The molecule has 0 aromatic heterocycles. The average molecular weight is 343 g/mol. The van der Waals surface area contributed by atoms with Crippen molar-refractivity contribution in [3.63, 3.8) is 0 Å². The Morgan fingerprint density at radius 1 is 1.32 bits per heavy atom. The second-order valence-electron chi connectivity index (χ2n) is 5.85. The molecule has 0 radical (unpaired) electrons. The molecule has 1 aliphatic heterocycles. The molecule has 0 saturated carbocycles. The van der Waals surface area contributed by atoms with Gasteiger partial charge in [-0.3, -0.25) is 9.69 Å². The molecule has 1 amide bonds. The van der Waals surface area contributed by atoms with Gasteiger partial charge in [-0.05, 0) is 17.7 Å². The fraction of sp³-hybridized carbons (Fsp3) is 0.444. The average Bonchev–Trinajstić information content (AvgIpc) is 2.66. The van der Waals surface area contributed by atoms with Gasteiger partial charge in [-0.1, -0.05) is 12.1 Å². The van der Waals surface area contributed by atoms with Gasteiger partial charge in [0.1, 0.15) is 17.4 Å². The van der Waals surface area contributed by atoms with Crippen molar-refractivity contribution >= 4 is 5.91 Å². The number of methoxy groups -OCH3 is 1. The summed E-state index contributed by atoms with van der Waals surface area (Å²) in [4.78, 5) is 16.5. The lowest BCUT2D eigenvalue weighted by Crippen LogP contribution is -2.46. The van der Waals surface area contributed by atoms with Crippen LogP contribution in [0.1, 0.15) is 5.56 Å². The Morgan fingerprint density at radius 3 is 2.56 bits per heavy atom. The lowest BCUT2D eigenvalue weighted by atomic mass is 10.2. The quantitative estimate of drug-likeness (QED) is 0.546. The Balaban J connectivity index is 1.86. The number of hydrogen-bond acceptors (Lipinski definition) is 6. The monoisotopic (exact) mass is 343 g/mol. The maximum Gasteiger partial charge on any atom is 0.263 e. The maximum absolute atomic E-state index is 12.2. The van der Waals surface area contributed by atoms with Gasteiger partial charge in [0, 0.05) is 52.0 Å². The van der Waals surface area contributed by atoms with E-state index in [1.807, 2.05) is 35.2 Å². The van der Waals surface area contributed by atoms with Crippen molar-refractivity contribution in [3.05, 3.63) is 41.6 Å². The molecule has 2 rings (SSSR count). The van der Waals surface area contributed by atoms with Crippen molar-refractivity contribution in [2.45, 2.75) is 6.54 Å². The Kier molecular flexibility index (Phi) is 7.26. The molecule has 7 heteroatoms. The summed E-state index contributed by atoms with van der Waals surface area (Å²) in [5.74, 6) is 0.407. The highest BCUT2D eigenvalue weighted by Gasteiger charge is 2.16. The predicted molar refractivity (Wildman–Crippen MR) is 95.6 cm³/mol.